The highest BCUT2D eigenvalue weighted by Gasteiger charge is 2.22. The third kappa shape index (κ3) is 3.91. The van der Waals surface area contributed by atoms with Crippen LogP contribution in [0.15, 0.2) is 0 Å². The minimum absolute atomic E-state index is 0.452. The highest BCUT2D eigenvalue weighted by atomic mass is 32.2. The van der Waals surface area contributed by atoms with Gasteiger partial charge in [-0.3, -0.25) is 11.3 Å². The second-order valence-electron chi connectivity index (χ2n) is 3.77. The molecule has 1 fully saturated rings. The van der Waals surface area contributed by atoms with Crippen molar-refractivity contribution in [1.82, 2.24) is 5.43 Å². The summed E-state index contributed by atoms with van der Waals surface area (Å²) in [7, 11) is 0. The highest BCUT2D eigenvalue weighted by Crippen LogP contribution is 2.28. The van der Waals surface area contributed by atoms with E-state index in [9.17, 15) is 0 Å². The van der Waals surface area contributed by atoms with Crippen LogP contribution in [0.1, 0.15) is 38.5 Å². The van der Waals surface area contributed by atoms with Crippen LogP contribution in [0.4, 0.5) is 0 Å². The van der Waals surface area contributed by atoms with Crippen LogP contribution in [0.5, 0.6) is 0 Å². The van der Waals surface area contributed by atoms with E-state index in [1.54, 1.807) is 0 Å². The molecule has 2 atom stereocenters. The van der Waals surface area contributed by atoms with Crippen molar-refractivity contribution < 1.29 is 0 Å². The van der Waals surface area contributed by atoms with Gasteiger partial charge < -0.3 is 0 Å². The zero-order chi connectivity index (χ0) is 10.2. The number of terminal acetylenes is 1. The first kappa shape index (κ1) is 11.9. The van der Waals surface area contributed by atoms with Crippen LogP contribution in [0, 0.1) is 12.3 Å². The smallest absolute Gasteiger partial charge is 0.0329 e. The molecule has 1 saturated heterocycles. The molecule has 0 aliphatic carbocycles. The number of thioether (sulfide) groups is 1. The van der Waals surface area contributed by atoms with Crippen LogP contribution in [0.2, 0.25) is 0 Å². The van der Waals surface area contributed by atoms with Crippen molar-refractivity contribution in [3.05, 3.63) is 0 Å². The molecule has 1 aliphatic heterocycles. The summed E-state index contributed by atoms with van der Waals surface area (Å²) in [5, 5.41) is 0.700. The average Bonchev–Trinajstić information content (AvgIpc) is 2.26. The topological polar surface area (TPSA) is 38.0 Å². The lowest BCUT2D eigenvalue weighted by molar-refractivity contribution is 0.440. The Morgan fingerprint density at radius 1 is 1.57 bits per heavy atom. The lowest BCUT2D eigenvalue weighted by Crippen LogP contribution is -2.43. The molecule has 2 nitrogen and oxygen atoms in total. The van der Waals surface area contributed by atoms with Gasteiger partial charge in [-0.15, -0.1) is 12.3 Å². The van der Waals surface area contributed by atoms with Gasteiger partial charge in [0.05, 0.1) is 0 Å². The van der Waals surface area contributed by atoms with Crippen molar-refractivity contribution in [2.75, 3.05) is 5.75 Å². The van der Waals surface area contributed by atoms with Crippen LogP contribution in [-0.2, 0) is 0 Å². The highest BCUT2D eigenvalue weighted by molar-refractivity contribution is 8.00. The van der Waals surface area contributed by atoms with Crippen LogP contribution >= 0.6 is 11.8 Å². The molecule has 0 bridgehead atoms. The summed E-state index contributed by atoms with van der Waals surface area (Å²) in [4.78, 5) is 0. The number of hydrogen-bond acceptors (Lipinski definition) is 3. The molecule has 0 aromatic heterocycles. The number of unbranched alkanes of at least 4 members (excludes halogenated alkanes) is 1. The van der Waals surface area contributed by atoms with Gasteiger partial charge in [-0.2, -0.15) is 11.8 Å². The summed E-state index contributed by atoms with van der Waals surface area (Å²) >= 11 is 2.06. The number of nitrogens with one attached hydrogen (secondary N) is 1. The molecule has 0 amide bonds. The van der Waals surface area contributed by atoms with Crippen LogP contribution in [-0.4, -0.2) is 17.0 Å². The second-order valence-corrected chi connectivity index (χ2v) is 5.12. The molecule has 1 heterocycles. The van der Waals surface area contributed by atoms with Crippen molar-refractivity contribution in [1.29, 1.82) is 0 Å². The van der Waals surface area contributed by atoms with Gasteiger partial charge in [0.1, 0.15) is 0 Å². The standard InChI is InChI=1S/C11H20N2S/c1-2-3-4-7-10(13-12)11-8-5-6-9-14-11/h1,10-11,13H,3-9,12H2. The van der Waals surface area contributed by atoms with E-state index in [4.69, 9.17) is 12.3 Å². The molecule has 3 heteroatoms. The Balaban J connectivity index is 2.25. The van der Waals surface area contributed by atoms with E-state index in [1.807, 2.05) is 0 Å². The summed E-state index contributed by atoms with van der Waals surface area (Å²) < 4.78 is 0. The van der Waals surface area contributed by atoms with Crippen LogP contribution in [0.3, 0.4) is 0 Å². The second kappa shape index (κ2) is 7.17. The number of hydrazine groups is 1. The monoisotopic (exact) mass is 212 g/mol. The van der Waals surface area contributed by atoms with E-state index in [1.165, 1.54) is 25.0 Å². The van der Waals surface area contributed by atoms with E-state index < -0.39 is 0 Å². The minimum Gasteiger partial charge on any atom is -0.271 e. The van der Waals surface area contributed by atoms with Crippen molar-refractivity contribution in [3.63, 3.8) is 0 Å². The van der Waals surface area contributed by atoms with Gasteiger partial charge in [0.25, 0.3) is 0 Å². The fourth-order valence-electron chi connectivity index (χ4n) is 1.88. The molecule has 2 unspecified atom stereocenters. The lowest BCUT2D eigenvalue weighted by Gasteiger charge is -2.29. The summed E-state index contributed by atoms with van der Waals surface area (Å²) in [5.74, 6) is 9.54. The van der Waals surface area contributed by atoms with E-state index in [-0.39, 0.29) is 0 Å². The molecule has 0 aromatic carbocycles. The predicted molar refractivity (Wildman–Crippen MR) is 63.9 cm³/mol. The van der Waals surface area contributed by atoms with E-state index in [2.05, 4.69) is 23.1 Å². The zero-order valence-electron chi connectivity index (χ0n) is 8.67. The number of nitrogens with two attached hydrogens (primary N) is 1. The molecule has 80 valence electrons. The SMILES string of the molecule is C#CCCCC(NN)C1CCCCS1. The summed E-state index contributed by atoms with van der Waals surface area (Å²) in [6, 6.07) is 0.452. The largest absolute Gasteiger partial charge is 0.271 e. The maximum atomic E-state index is 5.57. The van der Waals surface area contributed by atoms with Gasteiger partial charge in [-0.05, 0) is 31.4 Å². The number of hydrogen-bond donors (Lipinski definition) is 2. The van der Waals surface area contributed by atoms with E-state index in [0.29, 0.717) is 11.3 Å². The Bertz CT molecular complexity index is 182. The average molecular weight is 212 g/mol. The molecule has 0 radical (unpaired) electrons. The van der Waals surface area contributed by atoms with Gasteiger partial charge in [-0.1, -0.05) is 6.42 Å². The molecule has 14 heavy (non-hydrogen) atoms. The normalized spacial score (nSPS) is 24.1. The van der Waals surface area contributed by atoms with Crippen molar-refractivity contribution in [3.8, 4) is 12.3 Å². The van der Waals surface area contributed by atoms with E-state index in [0.717, 1.165) is 19.3 Å². The molecule has 0 aromatic rings. The molecule has 0 saturated carbocycles. The molecule has 3 N–H and O–H groups in total. The summed E-state index contributed by atoms with van der Waals surface area (Å²) in [6.07, 6.45) is 12.3. The summed E-state index contributed by atoms with van der Waals surface area (Å²) in [5.41, 5.74) is 2.94. The van der Waals surface area contributed by atoms with Gasteiger partial charge in [0.15, 0.2) is 0 Å². The molecular weight excluding hydrogens is 192 g/mol. The van der Waals surface area contributed by atoms with Crippen molar-refractivity contribution in [2.45, 2.75) is 49.8 Å². The Labute approximate surface area is 91.4 Å². The predicted octanol–water partition coefficient (Wildman–Crippen LogP) is 1.91. The van der Waals surface area contributed by atoms with E-state index >= 15 is 0 Å². The first-order valence-corrected chi connectivity index (χ1v) is 6.44. The first-order chi connectivity index (χ1) is 6.88. The maximum Gasteiger partial charge on any atom is 0.0329 e. The molecule has 1 aliphatic rings. The van der Waals surface area contributed by atoms with Crippen molar-refractivity contribution >= 4 is 11.8 Å². The van der Waals surface area contributed by atoms with Gasteiger partial charge in [0, 0.05) is 17.7 Å². The maximum absolute atomic E-state index is 5.57. The third-order valence-electron chi connectivity index (χ3n) is 2.71. The quantitative estimate of drug-likeness (QED) is 0.316. The third-order valence-corrected chi connectivity index (χ3v) is 4.23. The number of rotatable bonds is 5. The Kier molecular flexibility index (Phi) is 6.09. The summed E-state index contributed by atoms with van der Waals surface area (Å²) in [6.45, 7) is 0. The minimum atomic E-state index is 0.452. The first-order valence-electron chi connectivity index (χ1n) is 5.39. The van der Waals surface area contributed by atoms with Gasteiger partial charge in [0.2, 0.25) is 0 Å². The molecular formula is C11H20N2S. The fourth-order valence-corrected chi connectivity index (χ4v) is 3.34. The Morgan fingerprint density at radius 2 is 2.43 bits per heavy atom. The van der Waals surface area contributed by atoms with Gasteiger partial charge in [-0.25, -0.2) is 0 Å². The Hall–Kier alpha value is -0.170. The molecule has 1 rings (SSSR count). The van der Waals surface area contributed by atoms with Crippen molar-refractivity contribution in [2.24, 2.45) is 5.84 Å². The molecule has 0 spiro atoms. The Morgan fingerprint density at radius 3 is 3.00 bits per heavy atom. The van der Waals surface area contributed by atoms with Crippen LogP contribution < -0.4 is 11.3 Å². The zero-order valence-corrected chi connectivity index (χ0v) is 9.48. The van der Waals surface area contributed by atoms with Crippen LogP contribution in [0.25, 0.3) is 0 Å². The lowest BCUT2D eigenvalue weighted by atomic mass is 10.0. The van der Waals surface area contributed by atoms with Gasteiger partial charge >= 0.3 is 0 Å². The fraction of sp³-hybridized carbons (Fsp3) is 0.818.